The van der Waals surface area contributed by atoms with Crippen molar-refractivity contribution in [2.45, 2.75) is 38.5 Å². The van der Waals surface area contributed by atoms with Gasteiger partial charge in [0.05, 0.1) is 13.2 Å². The Balaban J connectivity index is 2.21. The number of nitrogens with zero attached hydrogens (tertiary/aromatic N) is 1. The van der Waals surface area contributed by atoms with Crippen LogP contribution >= 0.6 is 0 Å². The topological polar surface area (TPSA) is 32.7 Å². The van der Waals surface area contributed by atoms with E-state index < -0.39 is 0 Å². The van der Waals surface area contributed by atoms with Crippen LogP contribution in [0.1, 0.15) is 25.8 Å². The second-order valence-electron chi connectivity index (χ2n) is 5.51. The average molecular weight is 253 g/mol. The minimum absolute atomic E-state index is 0.0727. The van der Waals surface area contributed by atoms with Gasteiger partial charge in [0, 0.05) is 24.2 Å². The van der Waals surface area contributed by atoms with Crippen LogP contribution in [0.2, 0.25) is 0 Å². The molecule has 1 aromatic carbocycles. The van der Waals surface area contributed by atoms with E-state index in [2.05, 4.69) is 18.7 Å². The first kappa shape index (κ1) is 13.3. The zero-order valence-electron chi connectivity index (χ0n) is 11.1. The normalized spacial score (nSPS) is 23.3. The highest BCUT2D eigenvalue weighted by molar-refractivity contribution is 5.34. The number of ether oxygens (including phenoxy) is 1. The Hall–Kier alpha value is -1.13. The van der Waals surface area contributed by atoms with Crippen molar-refractivity contribution in [1.29, 1.82) is 0 Å². The molecule has 100 valence electrons. The summed E-state index contributed by atoms with van der Waals surface area (Å²) < 4.78 is 18.6. The van der Waals surface area contributed by atoms with E-state index in [-0.39, 0.29) is 17.5 Å². The van der Waals surface area contributed by atoms with E-state index in [4.69, 9.17) is 4.74 Å². The van der Waals surface area contributed by atoms with Gasteiger partial charge in [-0.2, -0.15) is 0 Å². The Morgan fingerprint density at radius 1 is 1.50 bits per heavy atom. The Morgan fingerprint density at radius 3 is 2.78 bits per heavy atom. The first-order chi connectivity index (χ1) is 8.42. The number of aliphatic hydroxyl groups is 1. The summed E-state index contributed by atoms with van der Waals surface area (Å²) in [7, 11) is 1.58. The Kier molecular flexibility index (Phi) is 3.59. The molecule has 1 unspecified atom stereocenters. The van der Waals surface area contributed by atoms with Crippen LogP contribution < -0.4 is 4.74 Å². The maximum atomic E-state index is 13.3. The van der Waals surface area contributed by atoms with Gasteiger partial charge in [-0.15, -0.1) is 0 Å². The van der Waals surface area contributed by atoms with Gasteiger partial charge in [0.25, 0.3) is 0 Å². The van der Waals surface area contributed by atoms with Crippen molar-refractivity contribution >= 4 is 0 Å². The smallest absolute Gasteiger partial charge is 0.123 e. The molecule has 18 heavy (non-hydrogen) atoms. The molecule has 0 amide bonds. The lowest BCUT2D eigenvalue weighted by atomic mass is 10.0. The lowest BCUT2D eigenvalue weighted by Gasteiger charge is -2.31. The molecular formula is C14H20FNO2. The Morgan fingerprint density at radius 2 is 2.22 bits per heavy atom. The van der Waals surface area contributed by atoms with Gasteiger partial charge in [-0.25, -0.2) is 4.39 Å². The Labute approximate surface area is 107 Å². The molecule has 3 nitrogen and oxygen atoms in total. The van der Waals surface area contributed by atoms with Gasteiger partial charge in [0.2, 0.25) is 0 Å². The molecule has 0 saturated carbocycles. The van der Waals surface area contributed by atoms with E-state index in [1.54, 1.807) is 13.2 Å². The predicted octanol–water partition coefficient (Wildman–Crippen LogP) is 2.18. The number of rotatable bonds is 3. The van der Waals surface area contributed by atoms with Gasteiger partial charge in [-0.1, -0.05) is 0 Å². The largest absolute Gasteiger partial charge is 0.496 e. The van der Waals surface area contributed by atoms with Crippen molar-refractivity contribution in [1.82, 2.24) is 4.90 Å². The van der Waals surface area contributed by atoms with E-state index >= 15 is 0 Å². The minimum atomic E-state index is -0.306. The molecule has 4 heteroatoms. The number of likely N-dealkylation sites (tertiary alicyclic amines) is 1. The number of methoxy groups -OCH3 is 1. The SMILES string of the molecule is COc1ccc(F)cc1CN1CC(O)CC1(C)C. The zero-order valence-corrected chi connectivity index (χ0v) is 11.1. The van der Waals surface area contributed by atoms with Crippen LogP contribution in [0.3, 0.4) is 0 Å². The van der Waals surface area contributed by atoms with E-state index in [0.717, 1.165) is 12.0 Å². The maximum Gasteiger partial charge on any atom is 0.123 e. The van der Waals surface area contributed by atoms with Crippen molar-refractivity contribution in [3.8, 4) is 5.75 Å². The van der Waals surface area contributed by atoms with E-state index in [1.807, 2.05) is 0 Å². The summed E-state index contributed by atoms with van der Waals surface area (Å²) in [6, 6.07) is 4.54. The van der Waals surface area contributed by atoms with Crippen LogP contribution in [-0.2, 0) is 6.54 Å². The first-order valence-corrected chi connectivity index (χ1v) is 6.18. The summed E-state index contributed by atoms with van der Waals surface area (Å²) in [6.45, 7) is 5.39. The molecule has 1 aliphatic heterocycles. The fraction of sp³-hybridized carbons (Fsp3) is 0.571. The summed E-state index contributed by atoms with van der Waals surface area (Å²) in [6.07, 6.45) is 0.435. The van der Waals surface area contributed by atoms with Crippen LogP contribution in [-0.4, -0.2) is 35.3 Å². The Bertz CT molecular complexity index is 434. The van der Waals surface area contributed by atoms with Gasteiger partial charge in [-0.3, -0.25) is 4.90 Å². The number of hydrogen-bond acceptors (Lipinski definition) is 3. The third kappa shape index (κ3) is 2.65. The number of β-amino-alcohol motifs (C(OH)–C–C–N with tert-alkyl or cyclic N) is 1. The van der Waals surface area contributed by atoms with Crippen LogP contribution in [0.4, 0.5) is 4.39 Å². The van der Waals surface area contributed by atoms with Gasteiger partial charge >= 0.3 is 0 Å². The molecule has 2 rings (SSSR count). The third-order valence-corrected chi connectivity index (χ3v) is 3.63. The molecule has 0 aromatic heterocycles. The van der Waals surface area contributed by atoms with Crippen LogP contribution in [0.25, 0.3) is 0 Å². The lowest BCUT2D eigenvalue weighted by molar-refractivity contribution is 0.155. The van der Waals surface area contributed by atoms with E-state index in [1.165, 1.54) is 12.1 Å². The predicted molar refractivity (Wildman–Crippen MR) is 68.1 cm³/mol. The standard InChI is InChI=1S/C14H20FNO2/c1-14(2)7-12(17)9-16(14)8-10-6-11(15)4-5-13(10)18-3/h4-6,12,17H,7-9H2,1-3H3. The highest BCUT2D eigenvalue weighted by Gasteiger charge is 2.37. The summed E-state index contributed by atoms with van der Waals surface area (Å²) in [5, 5.41) is 9.75. The molecule has 1 aromatic rings. The summed E-state index contributed by atoms with van der Waals surface area (Å²) in [4.78, 5) is 2.16. The molecule has 1 N–H and O–H groups in total. The molecule has 1 atom stereocenters. The summed E-state index contributed by atoms with van der Waals surface area (Å²) in [5.41, 5.74) is 0.746. The molecule has 0 radical (unpaired) electrons. The highest BCUT2D eigenvalue weighted by Crippen LogP contribution is 2.32. The first-order valence-electron chi connectivity index (χ1n) is 6.18. The van der Waals surface area contributed by atoms with Gasteiger partial charge in [-0.05, 0) is 38.5 Å². The lowest BCUT2D eigenvalue weighted by Crippen LogP contribution is -2.37. The molecule has 0 aliphatic carbocycles. The quantitative estimate of drug-likeness (QED) is 0.896. The minimum Gasteiger partial charge on any atom is -0.496 e. The monoisotopic (exact) mass is 253 g/mol. The number of benzene rings is 1. The van der Waals surface area contributed by atoms with Gasteiger partial charge in [0.15, 0.2) is 0 Å². The fourth-order valence-electron chi connectivity index (χ4n) is 2.63. The summed E-state index contributed by atoms with van der Waals surface area (Å²) in [5.74, 6) is 0.428. The fourth-order valence-corrected chi connectivity index (χ4v) is 2.63. The van der Waals surface area contributed by atoms with Crippen molar-refractivity contribution in [2.75, 3.05) is 13.7 Å². The van der Waals surface area contributed by atoms with Crippen LogP contribution in [0.15, 0.2) is 18.2 Å². The van der Waals surface area contributed by atoms with Crippen LogP contribution in [0, 0.1) is 5.82 Å². The second kappa shape index (κ2) is 4.86. The van der Waals surface area contributed by atoms with E-state index in [9.17, 15) is 9.50 Å². The van der Waals surface area contributed by atoms with Crippen molar-refractivity contribution in [3.05, 3.63) is 29.6 Å². The van der Waals surface area contributed by atoms with Crippen molar-refractivity contribution in [3.63, 3.8) is 0 Å². The second-order valence-corrected chi connectivity index (χ2v) is 5.51. The molecule has 1 heterocycles. The van der Waals surface area contributed by atoms with E-state index in [0.29, 0.717) is 18.8 Å². The van der Waals surface area contributed by atoms with Crippen LogP contribution in [0.5, 0.6) is 5.75 Å². The zero-order chi connectivity index (χ0) is 13.3. The van der Waals surface area contributed by atoms with Crippen molar-refractivity contribution in [2.24, 2.45) is 0 Å². The number of hydrogen-bond donors (Lipinski definition) is 1. The molecule has 1 aliphatic rings. The molecule has 1 fully saturated rings. The highest BCUT2D eigenvalue weighted by atomic mass is 19.1. The molecule has 0 spiro atoms. The third-order valence-electron chi connectivity index (χ3n) is 3.63. The summed E-state index contributed by atoms with van der Waals surface area (Å²) >= 11 is 0. The maximum absolute atomic E-state index is 13.3. The van der Waals surface area contributed by atoms with Gasteiger partial charge in [0.1, 0.15) is 11.6 Å². The number of halogens is 1. The molecule has 1 saturated heterocycles. The average Bonchev–Trinajstić information content (AvgIpc) is 2.52. The van der Waals surface area contributed by atoms with Crippen molar-refractivity contribution < 1.29 is 14.2 Å². The van der Waals surface area contributed by atoms with Gasteiger partial charge < -0.3 is 9.84 Å². The molecule has 0 bridgehead atoms. The molecular weight excluding hydrogens is 233 g/mol. The number of aliphatic hydroxyl groups excluding tert-OH is 1.